The van der Waals surface area contributed by atoms with E-state index in [1.165, 1.54) is 6.26 Å². The highest BCUT2D eigenvalue weighted by Crippen LogP contribution is 2.11. The minimum Gasteiger partial charge on any atom is -0.494 e. The number of amides is 1. The molecule has 0 fully saturated rings. The number of hydrogen-bond acceptors (Lipinski definition) is 5. The van der Waals surface area contributed by atoms with Gasteiger partial charge >= 0.3 is 5.97 Å². The summed E-state index contributed by atoms with van der Waals surface area (Å²) >= 11 is 0. The quantitative estimate of drug-likeness (QED) is 0.564. The number of aryl methyl sites for hydroxylation is 1. The Bertz CT molecular complexity index is 634. The molecule has 1 aromatic heterocycles. The lowest BCUT2D eigenvalue weighted by molar-refractivity contribution is -0.148. The van der Waals surface area contributed by atoms with Crippen LogP contribution in [-0.4, -0.2) is 25.1 Å². The molecule has 1 aromatic carbocycles. The molecule has 0 aliphatic heterocycles. The van der Waals surface area contributed by atoms with Crippen LogP contribution >= 0.6 is 0 Å². The molecule has 0 aliphatic carbocycles. The zero-order chi connectivity index (χ0) is 17.2. The Balaban J connectivity index is 1.53. The summed E-state index contributed by atoms with van der Waals surface area (Å²) in [4.78, 5) is 23.1. The lowest BCUT2D eigenvalue weighted by Gasteiger charge is -2.07. The second-order valence-electron chi connectivity index (χ2n) is 5.28. The van der Waals surface area contributed by atoms with Crippen LogP contribution in [0.25, 0.3) is 0 Å². The van der Waals surface area contributed by atoms with E-state index < -0.39 is 5.97 Å². The van der Waals surface area contributed by atoms with E-state index in [1.807, 2.05) is 31.2 Å². The molecule has 128 valence electrons. The third-order valence-electron chi connectivity index (χ3n) is 3.22. The van der Waals surface area contributed by atoms with Crippen molar-refractivity contribution in [1.82, 2.24) is 5.32 Å². The molecular weight excluding hydrogens is 310 g/mol. The Kier molecular flexibility index (Phi) is 6.89. The fourth-order valence-electron chi connectivity index (χ4n) is 1.91. The molecule has 0 bridgehead atoms. The highest BCUT2D eigenvalue weighted by Gasteiger charge is 2.08. The molecule has 2 aromatic rings. The Morgan fingerprint density at radius 2 is 1.96 bits per heavy atom. The topological polar surface area (TPSA) is 77.8 Å². The monoisotopic (exact) mass is 331 g/mol. The van der Waals surface area contributed by atoms with Crippen molar-refractivity contribution in [2.24, 2.45) is 0 Å². The van der Waals surface area contributed by atoms with E-state index in [4.69, 9.17) is 13.9 Å². The zero-order valence-corrected chi connectivity index (χ0v) is 13.6. The molecule has 1 N–H and O–H groups in total. The van der Waals surface area contributed by atoms with Crippen LogP contribution in [0.1, 0.15) is 24.2 Å². The number of hydrogen-bond donors (Lipinski definition) is 1. The summed E-state index contributed by atoms with van der Waals surface area (Å²) in [5, 5.41) is 2.60. The van der Waals surface area contributed by atoms with E-state index in [1.54, 1.807) is 12.1 Å². The van der Waals surface area contributed by atoms with E-state index in [0.717, 1.165) is 11.3 Å². The van der Waals surface area contributed by atoms with Crippen molar-refractivity contribution in [1.29, 1.82) is 0 Å². The van der Waals surface area contributed by atoms with Gasteiger partial charge in [0, 0.05) is 6.42 Å². The highest BCUT2D eigenvalue weighted by atomic mass is 16.5. The number of ether oxygens (including phenoxy) is 2. The SMILES string of the molecule is Cc1ccc(OCCCC(=O)OCC(=O)NCc2ccco2)cc1. The second-order valence-corrected chi connectivity index (χ2v) is 5.28. The maximum absolute atomic E-state index is 11.6. The third kappa shape index (κ3) is 6.56. The Hall–Kier alpha value is -2.76. The first-order valence-corrected chi connectivity index (χ1v) is 7.77. The summed E-state index contributed by atoms with van der Waals surface area (Å²) in [5.41, 5.74) is 1.16. The van der Waals surface area contributed by atoms with Gasteiger partial charge in [-0.05, 0) is 37.6 Å². The van der Waals surface area contributed by atoms with E-state index in [0.29, 0.717) is 18.8 Å². The van der Waals surface area contributed by atoms with Gasteiger partial charge in [0.05, 0.1) is 19.4 Å². The molecule has 0 saturated heterocycles. The molecule has 0 atom stereocenters. The molecule has 2 rings (SSSR count). The van der Waals surface area contributed by atoms with Gasteiger partial charge in [-0.15, -0.1) is 0 Å². The van der Waals surface area contributed by atoms with E-state index in [9.17, 15) is 9.59 Å². The van der Waals surface area contributed by atoms with Gasteiger partial charge in [0.15, 0.2) is 6.61 Å². The summed E-state index contributed by atoms with van der Waals surface area (Å²) in [6.45, 7) is 2.40. The minimum atomic E-state index is -0.421. The largest absolute Gasteiger partial charge is 0.494 e. The van der Waals surface area contributed by atoms with Gasteiger partial charge in [-0.2, -0.15) is 0 Å². The van der Waals surface area contributed by atoms with Crippen LogP contribution in [0.15, 0.2) is 47.1 Å². The standard InChI is InChI=1S/C18H21NO5/c1-14-6-8-15(9-7-14)22-11-3-5-18(21)24-13-17(20)19-12-16-4-2-10-23-16/h2,4,6-10H,3,5,11-13H2,1H3,(H,19,20). The van der Waals surface area contributed by atoms with E-state index >= 15 is 0 Å². The fourth-order valence-corrected chi connectivity index (χ4v) is 1.91. The highest BCUT2D eigenvalue weighted by molar-refractivity contribution is 5.80. The zero-order valence-electron chi connectivity index (χ0n) is 13.6. The summed E-state index contributed by atoms with van der Waals surface area (Å²) in [5.74, 6) is 0.625. The molecule has 0 aliphatic rings. The van der Waals surface area contributed by atoms with Crippen molar-refractivity contribution in [3.05, 3.63) is 54.0 Å². The van der Waals surface area contributed by atoms with Crippen molar-refractivity contribution in [2.75, 3.05) is 13.2 Å². The van der Waals surface area contributed by atoms with E-state index in [-0.39, 0.29) is 25.5 Å². The minimum absolute atomic E-state index is 0.206. The molecule has 6 heteroatoms. The molecule has 6 nitrogen and oxygen atoms in total. The first-order chi connectivity index (χ1) is 11.6. The van der Waals surface area contributed by atoms with Crippen LogP contribution in [0.4, 0.5) is 0 Å². The van der Waals surface area contributed by atoms with Crippen LogP contribution in [0.2, 0.25) is 0 Å². The second kappa shape index (κ2) is 9.39. The van der Waals surface area contributed by atoms with Crippen LogP contribution < -0.4 is 10.1 Å². The molecule has 1 heterocycles. The van der Waals surface area contributed by atoms with Crippen molar-refractivity contribution in [3.63, 3.8) is 0 Å². The van der Waals surface area contributed by atoms with Gasteiger partial charge in [0.1, 0.15) is 11.5 Å². The van der Waals surface area contributed by atoms with Crippen LogP contribution in [0.3, 0.4) is 0 Å². The predicted molar refractivity (Wildman–Crippen MR) is 87.4 cm³/mol. The maximum atomic E-state index is 11.6. The molecule has 0 unspecified atom stereocenters. The van der Waals surface area contributed by atoms with Crippen LogP contribution in [-0.2, 0) is 20.9 Å². The summed E-state index contributed by atoms with van der Waals surface area (Å²) < 4.78 is 15.5. The predicted octanol–water partition coefficient (Wildman–Crippen LogP) is 2.61. The molecular formula is C18H21NO5. The van der Waals surface area contributed by atoms with Gasteiger partial charge in [-0.3, -0.25) is 9.59 Å². The fraction of sp³-hybridized carbons (Fsp3) is 0.333. The maximum Gasteiger partial charge on any atom is 0.306 e. The number of nitrogens with one attached hydrogen (secondary N) is 1. The van der Waals surface area contributed by atoms with Crippen molar-refractivity contribution < 1.29 is 23.5 Å². The van der Waals surface area contributed by atoms with Gasteiger partial charge in [0.2, 0.25) is 0 Å². The van der Waals surface area contributed by atoms with Crippen LogP contribution in [0, 0.1) is 6.92 Å². The molecule has 1 amide bonds. The number of rotatable bonds is 9. The molecule has 0 radical (unpaired) electrons. The van der Waals surface area contributed by atoms with Crippen LogP contribution in [0.5, 0.6) is 5.75 Å². The van der Waals surface area contributed by atoms with Crippen molar-refractivity contribution in [3.8, 4) is 5.75 Å². The molecule has 0 saturated carbocycles. The number of carbonyl (C=O) groups is 2. The lowest BCUT2D eigenvalue weighted by atomic mass is 10.2. The summed E-state index contributed by atoms with van der Waals surface area (Å²) in [6.07, 6.45) is 2.26. The summed E-state index contributed by atoms with van der Waals surface area (Å²) in [7, 11) is 0. The summed E-state index contributed by atoms with van der Waals surface area (Å²) in [6, 6.07) is 11.2. The van der Waals surface area contributed by atoms with Gasteiger partial charge in [-0.1, -0.05) is 17.7 Å². The number of furan rings is 1. The third-order valence-corrected chi connectivity index (χ3v) is 3.22. The number of benzene rings is 1. The van der Waals surface area contributed by atoms with Gasteiger partial charge in [0.25, 0.3) is 5.91 Å². The first-order valence-electron chi connectivity index (χ1n) is 7.77. The number of carbonyl (C=O) groups excluding carboxylic acids is 2. The first kappa shape index (κ1) is 17.6. The normalized spacial score (nSPS) is 10.2. The Labute approximate surface area is 140 Å². The Morgan fingerprint density at radius 3 is 2.67 bits per heavy atom. The molecule has 24 heavy (non-hydrogen) atoms. The number of esters is 1. The van der Waals surface area contributed by atoms with Gasteiger partial charge < -0.3 is 19.2 Å². The van der Waals surface area contributed by atoms with Crippen molar-refractivity contribution >= 4 is 11.9 Å². The van der Waals surface area contributed by atoms with Crippen molar-refractivity contribution in [2.45, 2.75) is 26.3 Å². The van der Waals surface area contributed by atoms with E-state index in [2.05, 4.69) is 5.32 Å². The smallest absolute Gasteiger partial charge is 0.306 e. The van der Waals surface area contributed by atoms with Gasteiger partial charge in [-0.25, -0.2) is 0 Å². The lowest BCUT2D eigenvalue weighted by Crippen LogP contribution is -2.28. The average Bonchev–Trinajstić information content (AvgIpc) is 3.10. The Morgan fingerprint density at radius 1 is 1.17 bits per heavy atom. The average molecular weight is 331 g/mol. The molecule has 0 spiro atoms.